The molecule has 1 unspecified atom stereocenters. The summed E-state index contributed by atoms with van der Waals surface area (Å²) in [6.07, 6.45) is 7.60. The lowest BCUT2D eigenvalue weighted by molar-refractivity contribution is 0.0784. The van der Waals surface area contributed by atoms with Gasteiger partial charge in [0.25, 0.3) is 0 Å². The number of hydrogen-bond acceptors (Lipinski definition) is 2. The van der Waals surface area contributed by atoms with Crippen molar-refractivity contribution in [1.29, 1.82) is 0 Å². The first-order chi connectivity index (χ1) is 9.95. The smallest absolute Gasteiger partial charge is 0.0471 e. The largest absolute Gasteiger partial charge is 0.381 e. The molecule has 0 fully saturated rings. The Morgan fingerprint density at radius 3 is 2.19 bits per heavy atom. The Morgan fingerprint density at radius 1 is 0.952 bits per heavy atom. The van der Waals surface area contributed by atoms with E-state index in [-0.39, 0.29) is 0 Å². The maximum atomic E-state index is 5.88. The highest BCUT2D eigenvalue weighted by atomic mass is 16.5. The van der Waals surface area contributed by atoms with Crippen LogP contribution in [-0.4, -0.2) is 26.3 Å². The fourth-order valence-corrected chi connectivity index (χ4v) is 2.67. The molecule has 1 atom stereocenters. The quantitative estimate of drug-likeness (QED) is 0.441. The van der Waals surface area contributed by atoms with Gasteiger partial charge in [-0.3, -0.25) is 0 Å². The molecular weight excluding hydrogens is 258 g/mol. The van der Waals surface area contributed by atoms with Gasteiger partial charge in [-0.05, 0) is 49.5 Å². The van der Waals surface area contributed by atoms with E-state index >= 15 is 0 Å². The van der Waals surface area contributed by atoms with Crippen molar-refractivity contribution in [3.05, 3.63) is 0 Å². The second kappa shape index (κ2) is 12.5. The minimum atomic E-state index is 0.433. The van der Waals surface area contributed by atoms with E-state index in [1.165, 1.54) is 38.5 Å². The van der Waals surface area contributed by atoms with Crippen LogP contribution in [0.25, 0.3) is 0 Å². The van der Waals surface area contributed by atoms with Gasteiger partial charge in [0.05, 0.1) is 0 Å². The second-order valence-corrected chi connectivity index (χ2v) is 7.53. The Bertz CT molecular complexity index is 228. The van der Waals surface area contributed by atoms with Crippen LogP contribution in [0.1, 0.15) is 80.1 Å². The lowest BCUT2D eigenvalue weighted by atomic mass is 9.77. The van der Waals surface area contributed by atoms with E-state index in [1.807, 2.05) is 0 Å². The van der Waals surface area contributed by atoms with Crippen LogP contribution in [0.5, 0.6) is 0 Å². The van der Waals surface area contributed by atoms with Gasteiger partial charge in [0.2, 0.25) is 0 Å². The highest BCUT2D eigenvalue weighted by molar-refractivity contribution is 4.80. The zero-order valence-electron chi connectivity index (χ0n) is 15.6. The van der Waals surface area contributed by atoms with Gasteiger partial charge in [-0.25, -0.2) is 0 Å². The molecule has 21 heavy (non-hydrogen) atoms. The minimum absolute atomic E-state index is 0.433. The van der Waals surface area contributed by atoms with Crippen LogP contribution in [0.3, 0.4) is 0 Å². The lowest BCUT2D eigenvalue weighted by Gasteiger charge is -2.34. The molecular formula is C19H41NO. The Kier molecular flexibility index (Phi) is 12.4. The Labute approximate surface area is 134 Å². The van der Waals surface area contributed by atoms with Gasteiger partial charge in [0.15, 0.2) is 0 Å². The first-order valence-corrected chi connectivity index (χ1v) is 9.24. The Morgan fingerprint density at radius 2 is 1.67 bits per heavy atom. The molecule has 0 aliphatic carbocycles. The Balaban J connectivity index is 4.20. The van der Waals surface area contributed by atoms with Gasteiger partial charge in [-0.1, -0.05) is 54.4 Å². The summed E-state index contributed by atoms with van der Waals surface area (Å²) in [6.45, 7) is 17.8. The molecule has 0 heterocycles. The standard InChI is InChI=1S/C19H41NO/c1-7-9-11-19(8-2,16-20-15-18(5)6)12-14-21-13-10-17(3)4/h17-18,20H,7-16H2,1-6H3. The maximum Gasteiger partial charge on any atom is 0.0471 e. The molecule has 0 rings (SSSR count). The number of unbranched alkanes of at least 4 members (excludes halogenated alkanes) is 1. The summed E-state index contributed by atoms with van der Waals surface area (Å²) in [5, 5.41) is 3.69. The molecule has 0 aliphatic rings. The van der Waals surface area contributed by atoms with Crippen molar-refractivity contribution in [2.24, 2.45) is 17.3 Å². The van der Waals surface area contributed by atoms with E-state index < -0.39 is 0 Å². The van der Waals surface area contributed by atoms with E-state index in [0.29, 0.717) is 5.41 Å². The van der Waals surface area contributed by atoms with Crippen molar-refractivity contribution in [2.45, 2.75) is 80.1 Å². The number of ether oxygens (including phenoxy) is 1. The van der Waals surface area contributed by atoms with Crippen molar-refractivity contribution in [3.63, 3.8) is 0 Å². The van der Waals surface area contributed by atoms with Crippen molar-refractivity contribution < 1.29 is 4.74 Å². The normalized spacial score (nSPS) is 14.9. The Hall–Kier alpha value is -0.0800. The predicted octanol–water partition coefficient (Wildman–Crippen LogP) is 5.27. The highest BCUT2D eigenvalue weighted by Gasteiger charge is 2.27. The summed E-state index contributed by atoms with van der Waals surface area (Å²) >= 11 is 0. The van der Waals surface area contributed by atoms with Crippen LogP contribution in [-0.2, 0) is 4.74 Å². The third-order valence-corrected chi connectivity index (χ3v) is 4.48. The van der Waals surface area contributed by atoms with Gasteiger partial charge in [-0.15, -0.1) is 0 Å². The average Bonchev–Trinajstić information content (AvgIpc) is 2.43. The van der Waals surface area contributed by atoms with Crippen LogP contribution in [0.2, 0.25) is 0 Å². The van der Waals surface area contributed by atoms with Crippen molar-refractivity contribution in [3.8, 4) is 0 Å². The molecule has 0 aromatic heterocycles. The van der Waals surface area contributed by atoms with Crippen molar-refractivity contribution >= 4 is 0 Å². The SMILES string of the molecule is CCCCC(CC)(CCOCCC(C)C)CNCC(C)C. The molecule has 2 nitrogen and oxygen atoms in total. The average molecular weight is 300 g/mol. The topological polar surface area (TPSA) is 21.3 Å². The maximum absolute atomic E-state index is 5.88. The monoisotopic (exact) mass is 299 g/mol. The van der Waals surface area contributed by atoms with Crippen LogP contribution < -0.4 is 5.32 Å². The van der Waals surface area contributed by atoms with Crippen molar-refractivity contribution in [1.82, 2.24) is 5.32 Å². The van der Waals surface area contributed by atoms with Gasteiger partial charge < -0.3 is 10.1 Å². The van der Waals surface area contributed by atoms with Crippen LogP contribution in [0.15, 0.2) is 0 Å². The molecule has 0 amide bonds. The zero-order chi connectivity index (χ0) is 16.1. The third kappa shape index (κ3) is 11.2. The summed E-state index contributed by atoms with van der Waals surface area (Å²) < 4.78 is 5.88. The summed E-state index contributed by atoms with van der Waals surface area (Å²) in [5.41, 5.74) is 0.433. The van der Waals surface area contributed by atoms with Gasteiger partial charge in [0.1, 0.15) is 0 Å². The van der Waals surface area contributed by atoms with Gasteiger partial charge in [-0.2, -0.15) is 0 Å². The molecule has 0 aromatic rings. The van der Waals surface area contributed by atoms with E-state index in [0.717, 1.165) is 38.1 Å². The summed E-state index contributed by atoms with van der Waals surface area (Å²) in [7, 11) is 0. The molecule has 0 saturated carbocycles. The molecule has 128 valence electrons. The highest BCUT2D eigenvalue weighted by Crippen LogP contribution is 2.32. The number of rotatable bonds is 14. The van der Waals surface area contributed by atoms with Crippen LogP contribution >= 0.6 is 0 Å². The van der Waals surface area contributed by atoms with Crippen LogP contribution in [0, 0.1) is 17.3 Å². The fourth-order valence-electron chi connectivity index (χ4n) is 2.67. The third-order valence-electron chi connectivity index (χ3n) is 4.48. The predicted molar refractivity (Wildman–Crippen MR) is 94.8 cm³/mol. The minimum Gasteiger partial charge on any atom is -0.381 e. The summed E-state index contributed by atoms with van der Waals surface area (Å²) in [4.78, 5) is 0. The lowest BCUT2D eigenvalue weighted by Crippen LogP contribution is -2.36. The van der Waals surface area contributed by atoms with E-state index in [1.54, 1.807) is 0 Å². The van der Waals surface area contributed by atoms with E-state index in [9.17, 15) is 0 Å². The molecule has 0 aromatic carbocycles. The second-order valence-electron chi connectivity index (χ2n) is 7.53. The first kappa shape index (κ1) is 20.9. The molecule has 0 aliphatic heterocycles. The summed E-state index contributed by atoms with van der Waals surface area (Å²) in [5.74, 6) is 1.47. The molecule has 0 radical (unpaired) electrons. The molecule has 0 bridgehead atoms. The van der Waals surface area contributed by atoms with E-state index in [4.69, 9.17) is 4.74 Å². The zero-order valence-corrected chi connectivity index (χ0v) is 15.6. The van der Waals surface area contributed by atoms with Gasteiger partial charge in [0, 0.05) is 19.8 Å². The van der Waals surface area contributed by atoms with Gasteiger partial charge >= 0.3 is 0 Å². The van der Waals surface area contributed by atoms with Crippen LogP contribution in [0.4, 0.5) is 0 Å². The number of nitrogens with one attached hydrogen (secondary N) is 1. The van der Waals surface area contributed by atoms with Crippen molar-refractivity contribution in [2.75, 3.05) is 26.3 Å². The molecule has 1 N–H and O–H groups in total. The fraction of sp³-hybridized carbons (Fsp3) is 1.00. The molecule has 0 saturated heterocycles. The first-order valence-electron chi connectivity index (χ1n) is 9.24. The van der Waals surface area contributed by atoms with E-state index in [2.05, 4.69) is 46.9 Å². The summed E-state index contributed by atoms with van der Waals surface area (Å²) in [6, 6.07) is 0. The number of hydrogen-bond donors (Lipinski definition) is 1. The molecule has 0 spiro atoms. The molecule has 2 heteroatoms.